The van der Waals surface area contributed by atoms with Gasteiger partial charge in [-0.15, -0.1) is 0 Å². The van der Waals surface area contributed by atoms with Gasteiger partial charge in [-0.2, -0.15) is 0 Å². The monoisotopic (exact) mass is 448 g/mol. The van der Waals surface area contributed by atoms with Gasteiger partial charge in [0.2, 0.25) is 0 Å². The Bertz CT molecular complexity index is 922. The van der Waals surface area contributed by atoms with E-state index in [1.807, 2.05) is 0 Å². The van der Waals surface area contributed by atoms with Gasteiger partial charge in [0, 0.05) is 36.5 Å². The molecule has 0 radical (unpaired) electrons. The van der Waals surface area contributed by atoms with E-state index in [9.17, 15) is 10.1 Å². The average molecular weight is 449 g/mol. The molecule has 8 heteroatoms. The Morgan fingerprint density at radius 1 is 1.10 bits per heavy atom. The zero-order valence-corrected chi connectivity index (χ0v) is 18.6. The van der Waals surface area contributed by atoms with E-state index < -0.39 is 4.92 Å². The highest BCUT2D eigenvalue weighted by atomic mass is 35.5. The Kier molecular flexibility index (Phi) is 10.6. The largest absolute Gasteiger partial charge is 1.00 e. The summed E-state index contributed by atoms with van der Waals surface area (Å²) in [6, 6.07) is 18.8. The van der Waals surface area contributed by atoms with Crippen LogP contribution in [0.15, 0.2) is 73.1 Å². The standard InChI is InChI=1S/C16H21N2.C6H5ClN2O2.ClH/c1-3-18(16-7-5-4-6-8-16)14-13-17-11-9-15(2)10-12-17;7-5-3-4(9(10)11)1-2-6(5)8;/h4-12H,3,13-14H2,1-2H3;1-3H,8H2;1H/q+1;;/p-1. The summed E-state index contributed by atoms with van der Waals surface area (Å²) in [6.07, 6.45) is 4.29. The second-order valence-corrected chi connectivity index (χ2v) is 6.90. The molecule has 2 N–H and O–H groups in total. The molecule has 0 aliphatic heterocycles. The number of nitro groups is 1. The maximum Gasteiger partial charge on any atom is 0.271 e. The molecule has 0 fully saturated rings. The number of likely N-dealkylation sites (N-methyl/N-ethyl adjacent to an activating group) is 1. The molecule has 0 saturated carbocycles. The fourth-order valence-electron chi connectivity index (χ4n) is 2.66. The van der Waals surface area contributed by atoms with Crippen LogP contribution in [0.3, 0.4) is 0 Å². The second kappa shape index (κ2) is 12.7. The average Bonchev–Trinajstić information content (AvgIpc) is 2.73. The van der Waals surface area contributed by atoms with Crippen molar-refractivity contribution in [3.63, 3.8) is 0 Å². The molecule has 1 heterocycles. The number of nitrogens with zero attached hydrogens (tertiary/aromatic N) is 3. The molecule has 1 aromatic heterocycles. The lowest BCUT2D eigenvalue weighted by molar-refractivity contribution is -0.694. The Balaban J connectivity index is 0.000000324. The maximum absolute atomic E-state index is 10.2. The quantitative estimate of drug-likeness (QED) is 0.269. The highest BCUT2D eigenvalue weighted by Gasteiger charge is 2.07. The van der Waals surface area contributed by atoms with Crippen LogP contribution in [0.25, 0.3) is 0 Å². The highest BCUT2D eigenvalue weighted by Crippen LogP contribution is 2.23. The molecule has 0 aliphatic carbocycles. The molecule has 6 nitrogen and oxygen atoms in total. The third kappa shape index (κ3) is 7.89. The zero-order valence-electron chi connectivity index (χ0n) is 17.0. The van der Waals surface area contributed by atoms with Crippen molar-refractivity contribution < 1.29 is 21.9 Å². The van der Waals surface area contributed by atoms with Crippen LogP contribution in [0.5, 0.6) is 0 Å². The predicted molar refractivity (Wildman–Crippen MR) is 118 cm³/mol. The number of hydrogen-bond acceptors (Lipinski definition) is 4. The lowest BCUT2D eigenvalue weighted by Gasteiger charge is -2.21. The molecule has 0 saturated heterocycles. The molecule has 0 bridgehead atoms. The Hall–Kier alpha value is -2.83. The van der Waals surface area contributed by atoms with Crippen LogP contribution >= 0.6 is 11.6 Å². The Morgan fingerprint density at radius 2 is 1.73 bits per heavy atom. The summed E-state index contributed by atoms with van der Waals surface area (Å²) < 4.78 is 2.23. The fraction of sp³-hybridized carbons (Fsp3) is 0.227. The molecular weight excluding hydrogens is 423 g/mol. The number of anilines is 2. The van der Waals surface area contributed by atoms with Crippen molar-refractivity contribution in [2.24, 2.45) is 0 Å². The summed E-state index contributed by atoms with van der Waals surface area (Å²) in [7, 11) is 0. The molecule has 3 aromatic rings. The van der Waals surface area contributed by atoms with Crippen LogP contribution < -0.4 is 27.6 Å². The fourth-order valence-corrected chi connectivity index (χ4v) is 2.83. The van der Waals surface area contributed by atoms with Crippen LogP contribution in [-0.4, -0.2) is 18.0 Å². The Labute approximate surface area is 188 Å². The first-order valence-corrected chi connectivity index (χ1v) is 9.73. The third-order valence-corrected chi connectivity index (χ3v) is 4.71. The lowest BCUT2D eigenvalue weighted by atomic mass is 10.3. The number of nitro benzene ring substituents is 1. The van der Waals surface area contributed by atoms with Crippen LogP contribution in [0, 0.1) is 17.0 Å². The van der Waals surface area contributed by atoms with E-state index >= 15 is 0 Å². The molecule has 0 amide bonds. The van der Waals surface area contributed by atoms with Gasteiger partial charge in [-0.05, 0) is 37.6 Å². The number of hydrogen-bond donors (Lipinski definition) is 1. The van der Waals surface area contributed by atoms with Crippen LogP contribution in [0.1, 0.15) is 12.5 Å². The summed E-state index contributed by atoms with van der Waals surface area (Å²) >= 11 is 5.53. The molecule has 0 unspecified atom stereocenters. The minimum Gasteiger partial charge on any atom is -1.00 e. The van der Waals surface area contributed by atoms with Crippen LogP contribution in [0.4, 0.5) is 17.1 Å². The Morgan fingerprint density at radius 3 is 2.27 bits per heavy atom. The maximum atomic E-state index is 10.2. The van der Waals surface area contributed by atoms with Crippen molar-refractivity contribution in [3.8, 4) is 0 Å². The zero-order chi connectivity index (χ0) is 21.2. The van der Waals surface area contributed by atoms with Crippen molar-refractivity contribution in [2.45, 2.75) is 20.4 Å². The molecule has 0 aliphatic rings. The molecule has 0 atom stereocenters. The van der Waals surface area contributed by atoms with Gasteiger partial charge in [0.25, 0.3) is 5.69 Å². The van der Waals surface area contributed by atoms with Gasteiger partial charge in [0.1, 0.15) is 0 Å². The number of pyridine rings is 1. The van der Waals surface area contributed by atoms with Gasteiger partial charge in [-0.25, -0.2) is 4.57 Å². The molecule has 2 aromatic carbocycles. The number of nitrogen functional groups attached to an aromatic ring is 1. The van der Waals surface area contributed by atoms with E-state index in [-0.39, 0.29) is 23.1 Å². The predicted octanol–water partition coefficient (Wildman–Crippen LogP) is 1.64. The number of benzene rings is 2. The summed E-state index contributed by atoms with van der Waals surface area (Å²) in [4.78, 5) is 12.0. The number of rotatable bonds is 6. The van der Waals surface area contributed by atoms with Crippen molar-refractivity contribution in [2.75, 3.05) is 23.7 Å². The molecular formula is C22H26Cl2N4O2. The summed E-state index contributed by atoms with van der Waals surface area (Å²) in [6.45, 7) is 7.41. The smallest absolute Gasteiger partial charge is 0.271 e. The molecule has 3 rings (SSSR count). The van der Waals surface area contributed by atoms with E-state index in [0.717, 1.165) is 19.6 Å². The van der Waals surface area contributed by atoms with E-state index in [1.54, 1.807) is 0 Å². The number of halogens is 2. The number of aromatic nitrogens is 1. The SMILES string of the molecule is CCN(CC[n+]1ccc(C)cc1)c1ccccc1.Nc1ccc([N+](=O)[O-])cc1Cl.[Cl-]. The van der Waals surface area contributed by atoms with E-state index in [2.05, 4.69) is 78.2 Å². The minimum atomic E-state index is -0.522. The van der Waals surface area contributed by atoms with Crippen molar-refractivity contribution >= 4 is 28.7 Å². The molecule has 160 valence electrons. The van der Waals surface area contributed by atoms with Gasteiger partial charge in [0.15, 0.2) is 18.9 Å². The van der Waals surface area contributed by atoms with E-state index in [0.29, 0.717) is 5.69 Å². The number of aryl methyl sites for hydroxylation is 1. The summed E-state index contributed by atoms with van der Waals surface area (Å²) in [5, 5.41) is 10.4. The first kappa shape index (κ1) is 25.2. The van der Waals surface area contributed by atoms with Gasteiger partial charge >= 0.3 is 0 Å². The van der Waals surface area contributed by atoms with Gasteiger partial charge in [-0.1, -0.05) is 29.8 Å². The van der Waals surface area contributed by atoms with Gasteiger partial charge in [0.05, 0.1) is 22.2 Å². The number of para-hydroxylation sites is 1. The summed E-state index contributed by atoms with van der Waals surface area (Å²) in [5.41, 5.74) is 8.23. The van der Waals surface area contributed by atoms with Crippen molar-refractivity contribution in [1.82, 2.24) is 0 Å². The highest BCUT2D eigenvalue weighted by molar-refractivity contribution is 6.33. The second-order valence-electron chi connectivity index (χ2n) is 6.49. The van der Waals surface area contributed by atoms with Crippen LogP contribution in [0.2, 0.25) is 5.02 Å². The minimum absolute atomic E-state index is 0. The lowest BCUT2D eigenvalue weighted by Crippen LogP contribution is -3.00. The van der Waals surface area contributed by atoms with Crippen LogP contribution in [-0.2, 0) is 6.54 Å². The summed E-state index contributed by atoms with van der Waals surface area (Å²) in [5.74, 6) is 0. The van der Waals surface area contributed by atoms with Gasteiger partial charge in [-0.3, -0.25) is 10.1 Å². The molecule has 30 heavy (non-hydrogen) atoms. The van der Waals surface area contributed by atoms with E-state index in [1.165, 1.54) is 29.4 Å². The third-order valence-electron chi connectivity index (χ3n) is 4.38. The van der Waals surface area contributed by atoms with Crippen molar-refractivity contribution in [3.05, 3.63) is 93.8 Å². The van der Waals surface area contributed by atoms with Crippen molar-refractivity contribution in [1.29, 1.82) is 0 Å². The molecule has 0 spiro atoms. The first-order valence-electron chi connectivity index (χ1n) is 9.35. The topological polar surface area (TPSA) is 76.3 Å². The number of non-ortho nitro benzene ring substituents is 1. The van der Waals surface area contributed by atoms with Gasteiger partial charge < -0.3 is 23.0 Å². The first-order chi connectivity index (χ1) is 13.9. The van der Waals surface area contributed by atoms with E-state index in [4.69, 9.17) is 17.3 Å². The normalized spacial score (nSPS) is 9.70. The number of nitrogens with two attached hydrogens (primary N) is 1.